The number of carbonyl (C=O) groups excluding carboxylic acids is 5. The van der Waals surface area contributed by atoms with E-state index in [4.69, 9.17) is 9.72 Å². The fourth-order valence-electron chi connectivity index (χ4n) is 8.23. The fraction of sp³-hybridized carbons (Fsp3) is 0.400. The van der Waals surface area contributed by atoms with E-state index in [-0.39, 0.29) is 24.9 Å². The molecule has 5 aromatic rings. The van der Waals surface area contributed by atoms with Crippen molar-refractivity contribution < 1.29 is 28.7 Å². The average molecular weight is 791 g/mol. The Hall–Kier alpha value is -5.94. The Morgan fingerprint density at radius 1 is 0.965 bits per heavy atom. The predicted molar refractivity (Wildman–Crippen MR) is 213 cm³/mol. The van der Waals surface area contributed by atoms with Crippen LogP contribution in [-0.4, -0.2) is 117 Å². The molecule has 1 unspecified atom stereocenters. The molecular weight excluding hydrogens is 749 g/mol. The summed E-state index contributed by atoms with van der Waals surface area (Å²) < 4.78 is 8.62. The number of benzene rings is 2. The maximum Gasteiger partial charge on any atom is 0.262 e. The van der Waals surface area contributed by atoms with Crippen LogP contribution in [0.5, 0.6) is 5.75 Å². The van der Waals surface area contributed by atoms with Gasteiger partial charge < -0.3 is 19.9 Å². The van der Waals surface area contributed by atoms with E-state index < -0.39 is 29.7 Å². The third-order valence-electron chi connectivity index (χ3n) is 11.2. The van der Waals surface area contributed by atoms with E-state index in [0.717, 1.165) is 84.6 Å². The summed E-state index contributed by atoms with van der Waals surface area (Å²) in [4.78, 5) is 81.6. The van der Waals surface area contributed by atoms with Gasteiger partial charge in [-0.15, -0.1) is 0 Å². The normalized spacial score (nSPS) is 19.6. The molecule has 0 bridgehead atoms. The molecule has 3 saturated heterocycles. The maximum absolute atomic E-state index is 13.6. The van der Waals surface area contributed by atoms with Crippen LogP contribution >= 0.6 is 11.3 Å². The van der Waals surface area contributed by atoms with Crippen molar-refractivity contribution in [2.24, 2.45) is 5.92 Å². The first-order valence-electron chi connectivity index (χ1n) is 19.4. The molecular formula is C40H42N10O6S. The fourth-order valence-corrected chi connectivity index (χ4v) is 9.27. The average Bonchev–Trinajstić information content (AvgIpc) is 3.88. The number of aromatic nitrogens is 4. The largest absolute Gasteiger partial charge is 0.490 e. The van der Waals surface area contributed by atoms with Crippen molar-refractivity contribution in [1.82, 2.24) is 34.7 Å². The van der Waals surface area contributed by atoms with Crippen LogP contribution in [-0.2, 0) is 9.59 Å². The van der Waals surface area contributed by atoms with Gasteiger partial charge in [-0.2, -0.15) is 5.10 Å². The van der Waals surface area contributed by atoms with Crippen molar-refractivity contribution in [1.29, 1.82) is 0 Å². The minimum atomic E-state index is -0.975. The van der Waals surface area contributed by atoms with Crippen molar-refractivity contribution in [3.8, 4) is 5.75 Å². The van der Waals surface area contributed by atoms with Crippen molar-refractivity contribution in [3.63, 3.8) is 0 Å². The predicted octanol–water partition coefficient (Wildman–Crippen LogP) is 3.82. The summed E-state index contributed by atoms with van der Waals surface area (Å²) in [5.74, 6) is -1.27. The SMILES string of the molecule is CC(C)Oc1cc2nc(N3CCN(CC4CCN(c5ccc6c(c5)C(=O)N(C5CCC(=O)NC5=O)C6=O)CC4)CC3)sc2cc1C(=O)Nc1cnn2cccnc12. The first-order chi connectivity index (χ1) is 27.6. The van der Waals surface area contributed by atoms with E-state index in [0.29, 0.717) is 39.7 Å². The van der Waals surface area contributed by atoms with Gasteiger partial charge in [0.15, 0.2) is 10.8 Å². The van der Waals surface area contributed by atoms with Crippen LogP contribution in [0.4, 0.5) is 16.5 Å². The molecule has 4 aliphatic heterocycles. The first-order valence-corrected chi connectivity index (χ1v) is 20.2. The lowest BCUT2D eigenvalue weighted by atomic mass is 9.95. The minimum absolute atomic E-state index is 0.0907. The molecule has 9 rings (SSSR count). The molecule has 17 heteroatoms. The smallest absolute Gasteiger partial charge is 0.262 e. The second-order valence-electron chi connectivity index (χ2n) is 15.3. The molecule has 2 N–H and O–H groups in total. The van der Waals surface area contributed by atoms with Gasteiger partial charge >= 0.3 is 0 Å². The zero-order chi connectivity index (χ0) is 39.4. The number of ether oxygens (including phenoxy) is 1. The molecule has 1 atom stereocenters. The number of thiazole rings is 1. The van der Waals surface area contributed by atoms with Crippen LogP contribution in [0.2, 0.25) is 0 Å². The second-order valence-corrected chi connectivity index (χ2v) is 16.3. The molecule has 0 aliphatic carbocycles. The number of nitrogens with one attached hydrogen (secondary N) is 2. The minimum Gasteiger partial charge on any atom is -0.490 e. The Morgan fingerprint density at radius 3 is 2.53 bits per heavy atom. The molecule has 0 spiro atoms. The third-order valence-corrected chi connectivity index (χ3v) is 12.3. The number of rotatable bonds is 9. The van der Waals surface area contributed by atoms with Crippen LogP contribution < -0.4 is 25.2 Å². The van der Waals surface area contributed by atoms with Crippen LogP contribution in [0.25, 0.3) is 15.9 Å². The zero-order valence-electron chi connectivity index (χ0n) is 31.6. The summed E-state index contributed by atoms with van der Waals surface area (Å²) >= 11 is 1.58. The molecule has 5 amide bonds. The molecule has 4 aliphatic rings. The number of hydrogen-bond donors (Lipinski definition) is 2. The number of nitrogens with zero attached hydrogens (tertiary/aromatic N) is 8. The summed E-state index contributed by atoms with van der Waals surface area (Å²) in [5, 5.41) is 10.4. The summed E-state index contributed by atoms with van der Waals surface area (Å²) in [7, 11) is 0. The highest BCUT2D eigenvalue weighted by Crippen LogP contribution is 2.36. The van der Waals surface area contributed by atoms with Gasteiger partial charge in [-0.25, -0.2) is 14.5 Å². The molecule has 16 nitrogen and oxygen atoms in total. The van der Waals surface area contributed by atoms with E-state index in [2.05, 4.69) is 35.4 Å². The van der Waals surface area contributed by atoms with E-state index in [1.807, 2.05) is 32.0 Å². The number of amides is 5. The maximum atomic E-state index is 13.6. The molecule has 57 heavy (non-hydrogen) atoms. The zero-order valence-corrected chi connectivity index (χ0v) is 32.5. The molecule has 3 fully saturated rings. The standard InChI is InChI=1S/C40H42N10O6S/c1-23(2)56-32-20-29-33(19-28(32)36(52)43-30-21-42-49-11-3-10-41-35(30)49)57-40(44-29)48-16-14-46(15-17-48)22-24-8-12-47(13-9-24)25-4-5-26-27(18-25)39(55)50(38(26)54)31-6-7-34(51)45-37(31)53/h3-5,10-11,18-21,23-24,31H,6-9,12-17,22H2,1-2H3,(H,43,52)(H,45,51,53). The lowest BCUT2D eigenvalue weighted by Crippen LogP contribution is -2.54. The number of hydrogen-bond acceptors (Lipinski definition) is 13. The van der Waals surface area contributed by atoms with Gasteiger partial charge in [0.2, 0.25) is 11.8 Å². The molecule has 294 valence electrons. The number of piperidine rings is 2. The highest BCUT2D eigenvalue weighted by molar-refractivity contribution is 7.22. The Bertz CT molecular complexity index is 2430. The Labute approximate surface area is 331 Å². The van der Waals surface area contributed by atoms with Gasteiger partial charge in [0.05, 0.1) is 39.2 Å². The van der Waals surface area contributed by atoms with Crippen molar-refractivity contribution >= 4 is 73.2 Å². The van der Waals surface area contributed by atoms with E-state index >= 15 is 0 Å². The summed E-state index contributed by atoms with van der Waals surface area (Å²) in [6.07, 6.45) is 7.12. The summed E-state index contributed by atoms with van der Waals surface area (Å²) in [6.45, 7) is 10.1. The Balaban J connectivity index is 0.800. The number of anilines is 3. The lowest BCUT2D eigenvalue weighted by molar-refractivity contribution is -0.136. The summed E-state index contributed by atoms with van der Waals surface area (Å²) in [5.41, 5.74) is 3.78. The molecule has 0 saturated carbocycles. The second kappa shape index (κ2) is 14.9. The highest BCUT2D eigenvalue weighted by atomic mass is 32.1. The summed E-state index contributed by atoms with van der Waals surface area (Å²) in [6, 6.07) is 9.87. The van der Waals surface area contributed by atoms with Gasteiger partial charge in [-0.1, -0.05) is 11.3 Å². The number of carbonyl (C=O) groups is 5. The molecule has 7 heterocycles. The number of piperazine rings is 1. The Morgan fingerprint density at radius 2 is 1.75 bits per heavy atom. The molecule has 3 aromatic heterocycles. The van der Waals surface area contributed by atoms with Crippen LogP contribution in [0, 0.1) is 5.92 Å². The van der Waals surface area contributed by atoms with Gasteiger partial charge in [0.1, 0.15) is 17.5 Å². The van der Waals surface area contributed by atoms with Gasteiger partial charge in [0.25, 0.3) is 17.7 Å². The van der Waals surface area contributed by atoms with Crippen LogP contribution in [0.15, 0.2) is 55.0 Å². The topological polar surface area (TPSA) is 175 Å². The number of fused-ring (bicyclic) bond motifs is 3. The molecule has 2 aromatic carbocycles. The van der Waals surface area contributed by atoms with Crippen molar-refractivity contribution in [2.45, 2.75) is 51.7 Å². The first kappa shape index (κ1) is 36.7. The van der Waals surface area contributed by atoms with Crippen molar-refractivity contribution in [3.05, 3.63) is 71.7 Å². The van der Waals surface area contributed by atoms with Gasteiger partial charge in [-0.3, -0.25) is 39.1 Å². The van der Waals surface area contributed by atoms with Crippen LogP contribution in [0.1, 0.15) is 70.6 Å². The monoisotopic (exact) mass is 790 g/mol. The van der Waals surface area contributed by atoms with E-state index in [1.54, 1.807) is 52.6 Å². The van der Waals surface area contributed by atoms with E-state index in [9.17, 15) is 24.0 Å². The van der Waals surface area contributed by atoms with Crippen molar-refractivity contribution in [2.75, 3.05) is 60.9 Å². The molecule has 0 radical (unpaired) electrons. The van der Waals surface area contributed by atoms with Gasteiger partial charge in [0, 0.05) is 76.4 Å². The van der Waals surface area contributed by atoms with Gasteiger partial charge in [-0.05, 0) is 69.4 Å². The lowest BCUT2D eigenvalue weighted by Gasteiger charge is -2.39. The number of imide groups is 2. The quantitative estimate of drug-likeness (QED) is 0.207. The highest BCUT2D eigenvalue weighted by Gasteiger charge is 2.45. The third kappa shape index (κ3) is 7.05. The van der Waals surface area contributed by atoms with Crippen LogP contribution in [0.3, 0.4) is 0 Å². The van der Waals surface area contributed by atoms with E-state index in [1.165, 1.54) is 0 Å². The Kier molecular flexibility index (Phi) is 9.56.